The molecule has 0 aromatic heterocycles. The minimum Gasteiger partial charge on any atom is -0.469 e. The van der Waals surface area contributed by atoms with Crippen LogP contribution in [0.4, 0.5) is 0 Å². The van der Waals surface area contributed by atoms with Crippen LogP contribution in [0.25, 0.3) is 0 Å². The van der Waals surface area contributed by atoms with Crippen LogP contribution in [0.1, 0.15) is 51.4 Å². The van der Waals surface area contributed by atoms with E-state index in [1.165, 1.54) is 0 Å². The van der Waals surface area contributed by atoms with E-state index in [4.69, 9.17) is 9.84 Å². The highest BCUT2D eigenvalue weighted by molar-refractivity contribution is 7.84. The van der Waals surface area contributed by atoms with Gasteiger partial charge in [0.25, 0.3) is 0 Å². The molecular formula is C23H32O6S. The Kier molecular flexibility index (Phi) is 10.5. The summed E-state index contributed by atoms with van der Waals surface area (Å²) in [5, 5.41) is 28.6. The lowest BCUT2D eigenvalue weighted by Crippen LogP contribution is -2.25. The van der Waals surface area contributed by atoms with Crippen molar-refractivity contribution in [2.75, 3.05) is 12.9 Å². The zero-order valence-corrected chi connectivity index (χ0v) is 18.3. The third kappa shape index (κ3) is 8.54. The molecule has 0 aromatic carbocycles. The number of carbonyl (C=O) groups is 1. The molecule has 0 bridgehead atoms. The molecule has 4 unspecified atom stereocenters. The van der Waals surface area contributed by atoms with Crippen LogP contribution in [-0.2, 0) is 20.3 Å². The zero-order valence-electron chi connectivity index (χ0n) is 17.5. The van der Waals surface area contributed by atoms with Gasteiger partial charge in [-0.2, -0.15) is 0 Å². The van der Waals surface area contributed by atoms with Crippen molar-refractivity contribution in [2.45, 2.75) is 69.0 Å². The lowest BCUT2D eigenvalue weighted by Gasteiger charge is -2.22. The average molecular weight is 437 g/mol. The van der Waals surface area contributed by atoms with Gasteiger partial charge in [0.2, 0.25) is 0 Å². The predicted molar refractivity (Wildman–Crippen MR) is 117 cm³/mol. The number of ketones is 1. The lowest BCUT2D eigenvalue weighted by atomic mass is 10.1. The molecule has 30 heavy (non-hydrogen) atoms. The molecule has 2 aliphatic rings. The number of carbonyl (C=O) groups excluding carboxylic acids is 1. The summed E-state index contributed by atoms with van der Waals surface area (Å²) in [6, 6.07) is 0. The summed E-state index contributed by atoms with van der Waals surface area (Å²) < 4.78 is 17.7. The van der Waals surface area contributed by atoms with Crippen LogP contribution < -0.4 is 0 Å². The lowest BCUT2D eigenvalue weighted by molar-refractivity contribution is -0.115. The van der Waals surface area contributed by atoms with Gasteiger partial charge in [-0.25, -0.2) is 0 Å². The first-order valence-corrected chi connectivity index (χ1v) is 12.0. The number of aliphatic hydroxyl groups is 3. The topological polar surface area (TPSA) is 104 Å². The summed E-state index contributed by atoms with van der Waals surface area (Å²) >= 11 is 0. The predicted octanol–water partition coefficient (Wildman–Crippen LogP) is 2.59. The molecule has 0 aromatic rings. The number of Topliss-reactive ketones (excluding diaryl/α,β-unsaturated/α-hetero) is 1. The first-order valence-electron chi connectivity index (χ1n) is 10.4. The molecule has 166 valence electrons. The van der Waals surface area contributed by atoms with Gasteiger partial charge in [0.05, 0.1) is 6.10 Å². The third-order valence-corrected chi connectivity index (χ3v) is 6.40. The van der Waals surface area contributed by atoms with E-state index in [2.05, 4.69) is 5.73 Å². The van der Waals surface area contributed by atoms with E-state index >= 15 is 0 Å². The van der Waals surface area contributed by atoms with E-state index < -0.39 is 23.2 Å². The molecule has 0 saturated heterocycles. The Morgan fingerprint density at radius 2 is 2.17 bits per heavy atom. The van der Waals surface area contributed by atoms with Gasteiger partial charge < -0.3 is 20.1 Å². The minimum atomic E-state index is -1.19. The molecule has 6 nitrogen and oxygen atoms in total. The van der Waals surface area contributed by atoms with Gasteiger partial charge in [0, 0.05) is 53.7 Å². The van der Waals surface area contributed by atoms with Crippen LogP contribution >= 0.6 is 0 Å². The Morgan fingerprint density at radius 1 is 1.37 bits per heavy atom. The molecular weight excluding hydrogens is 404 g/mol. The Labute approximate surface area is 180 Å². The first kappa shape index (κ1) is 24.5. The second kappa shape index (κ2) is 12.8. The highest BCUT2D eigenvalue weighted by Gasteiger charge is 2.25. The van der Waals surface area contributed by atoms with Crippen LogP contribution in [0.2, 0.25) is 0 Å². The Balaban J connectivity index is 1.86. The van der Waals surface area contributed by atoms with E-state index in [1.54, 1.807) is 24.5 Å². The summed E-state index contributed by atoms with van der Waals surface area (Å²) in [5.41, 5.74) is 4.70. The van der Waals surface area contributed by atoms with Crippen LogP contribution in [-0.4, -0.2) is 55.8 Å². The fraction of sp³-hybridized carbons (Fsp3) is 0.565. The maximum atomic E-state index is 12.1. The van der Waals surface area contributed by atoms with Crippen molar-refractivity contribution < 1.29 is 29.1 Å². The summed E-state index contributed by atoms with van der Waals surface area (Å²) in [7, 11) is -1.19. The fourth-order valence-corrected chi connectivity index (χ4v) is 4.26. The normalized spacial score (nSPS) is 20.1. The average Bonchev–Trinajstić information content (AvgIpc) is 3.10. The van der Waals surface area contributed by atoms with Gasteiger partial charge in [-0.15, -0.1) is 5.73 Å². The van der Waals surface area contributed by atoms with Crippen molar-refractivity contribution in [1.82, 2.24) is 0 Å². The van der Waals surface area contributed by atoms with Crippen molar-refractivity contribution in [3.63, 3.8) is 0 Å². The summed E-state index contributed by atoms with van der Waals surface area (Å²) in [4.78, 5) is 11.8. The number of hydrogen-bond acceptors (Lipinski definition) is 6. The van der Waals surface area contributed by atoms with Crippen molar-refractivity contribution in [3.8, 4) is 0 Å². The molecule has 0 aliphatic heterocycles. The number of hydrogen-bond donors (Lipinski definition) is 3. The summed E-state index contributed by atoms with van der Waals surface area (Å²) in [6.07, 6.45) is 12.9. The van der Waals surface area contributed by atoms with Gasteiger partial charge in [-0.05, 0) is 49.8 Å². The molecule has 4 atom stereocenters. The molecule has 0 saturated carbocycles. The van der Waals surface area contributed by atoms with Crippen molar-refractivity contribution in [3.05, 3.63) is 53.0 Å². The molecule has 0 spiro atoms. The molecule has 2 aliphatic carbocycles. The van der Waals surface area contributed by atoms with E-state index in [-0.39, 0.29) is 24.1 Å². The Hall–Kier alpha value is -1.76. The highest BCUT2D eigenvalue weighted by atomic mass is 32.2. The molecule has 0 heterocycles. The molecule has 0 radical (unpaired) electrons. The van der Waals surface area contributed by atoms with Crippen molar-refractivity contribution >= 4 is 16.6 Å². The van der Waals surface area contributed by atoms with Crippen molar-refractivity contribution in [2.24, 2.45) is 0 Å². The van der Waals surface area contributed by atoms with Crippen molar-refractivity contribution in [1.29, 1.82) is 0 Å². The molecule has 0 amide bonds. The number of aliphatic hydroxyl groups excluding tert-OH is 3. The van der Waals surface area contributed by atoms with E-state index in [0.29, 0.717) is 49.9 Å². The monoisotopic (exact) mass is 436 g/mol. The van der Waals surface area contributed by atoms with Crippen LogP contribution in [0, 0.1) is 0 Å². The SMILES string of the molecule is CS(=O)C(CC1=CCCC1=O)CC(O)OC1=CC=CC(=C=CCC(O)CCCO)C1. The summed E-state index contributed by atoms with van der Waals surface area (Å²) in [6.45, 7) is 0.0683. The molecule has 7 heteroatoms. The van der Waals surface area contributed by atoms with Crippen LogP contribution in [0.3, 0.4) is 0 Å². The zero-order chi connectivity index (χ0) is 21.9. The van der Waals surface area contributed by atoms with Gasteiger partial charge >= 0.3 is 0 Å². The van der Waals surface area contributed by atoms with E-state index in [0.717, 1.165) is 12.0 Å². The van der Waals surface area contributed by atoms with Crippen LogP contribution in [0.5, 0.6) is 0 Å². The minimum absolute atomic E-state index is 0.0683. The van der Waals surface area contributed by atoms with Gasteiger partial charge in [0.15, 0.2) is 12.1 Å². The maximum absolute atomic E-state index is 12.1. The number of rotatable bonds is 12. The van der Waals surface area contributed by atoms with Gasteiger partial charge in [-0.1, -0.05) is 18.2 Å². The second-order valence-electron chi connectivity index (χ2n) is 7.62. The Morgan fingerprint density at radius 3 is 2.83 bits per heavy atom. The summed E-state index contributed by atoms with van der Waals surface area (Å²) in [5.74, 6) is 0.683. The number of ether oxygens (including phenoxy) is 1. The standard InChI is InChI=1S/C23H32O6S/c1-30(28)21(15-18-8-4-12-22(18)26)16-23(27)29-20-11-3-7-17(14-20)6-2-9-19(25)10-5-13-24/h2-3,7-8,11,19,21,23-25,27H,4-5,9-10,12-16H2,1H3. The Bertz CT molecular complexity index is 773. The largest absolute Gasteiger partial charge is 0.469 e. The van der Waals surface area contributed by atoms with E-state index in [9.17, 15) is 19.2 Å². The first-order chi connectivity index (χ1) is 14.4. The quantitative estimate of drug-likeness (QED) is 0.321. The van der Waals surface area contributed by atoms with Gasteiger partial charge in [-0.3, -0.25) is 9.00 Å². The molecule has 0 fully saturated rings. The third-order valence-electron chi connectivity index (χ3n) is 5.11. The maximum Gasteiger partial charge on any atom is 0.198 e. The molecule has 2 rings (SSSR count). The number of allylic oxidation sites excluding steroid dienone is 6. The smallest absolute Gasteiger partial charge is 0.198 e. The second-order valence-corrected chi connectivity index (χ2v) is 9.29. The van der Waals surface area contributed by atoms with Gasteiger partial charge in [0.1, 0.15) is 5.76 Å². The van der Waals surface area contributed by atoms with E-state index in [1.807, 2.05) is 12.2 Å². The fourth-order valence-electron chi connectivity index (χ4n) is 3.41. The van der Waals surface area contributed by atoms with Crippen LogP contribution in [0.15, 0.2) is 53.0 Å². The molecule has 3 N–H and O–H groups in total. The highest BCUT2D eigenvalue weighted by Crippen LogP contribution is 2.25.